The van der Waals surface area contributed by atoms with Gasteiger partial charge in [0.25, 0.3) is 0 Å². The Bertz CT molecular complexity index is 496. The topological polar surface area (TPSA) is 44.5 Å². The molecule has 3 heteroatoms. The zero-order valence-corrected chi connectivity index (χ0v) is 11.2. The first-order chi connectivity index (χ1) is 9.26. The first-order valence-corrected chi connectivity index (χ1v) is 6.23. The minimum absolute atomic E-state index is 0.158. The monoisotopic (exact) mass is 257 g/mol. The number of nitrogens with two attached hydrogens (primary N) is 1. The van der Waals surface area contributed by atoms with E-state index < -0.39 is 0 Å². The van der Waals surface area contributed by atoms with Gasteiger partial charge in [-0.15, -0.1) is 0 Å². The molecule has 0 saturated carbocycles. The predicted molar refractivity (Wildman–Crippen MR) is 76.1 cm³/mol. The van der Waals surface area contributed by atoms with Crippen LogP contribution in [0.5, 0.6) is 5.75 Å². The van der Waals surface area contributed by atoms with Gasteiger partial charge in [-0.3, -0.25) is 0 Å². The van der Waals surface area contributed by atoms with Crippen LogP contribution in [0, 0.1) is 0 Å². The summed E-state index contributed by atoms with van der Waals surface area (Å²) in [6.45, 7) is 0. The Balaban J connectivity index is 2.22. The second-order valence-corrected chi connectivity index (χ2v) is 4.37. The Morgan fingerprint density at radius 2 is 1.47 bits per heavy atom. The quantitative estimate of drug-likeness (QED) is 0.895. The fraction of sp³-hybridized carbons (Fsp3) is 0.250. The van der Waals surface area contributed by atoms with Crippen LogP contribution in [0.25, 0.3) is 0 Å². The van der Waals surface area contributed by atoms with Gasteiger partial charge >= 0.3 is 0 Å². The average molecular weight is 257 g/mol. The molecule has 2 aromatic rings. The van der Waals surface area contributed by atoms with Crippen LogP contribution in [0.2, 0.25) is 0 Å². The molecule has 2 aromatic carbocycles. The second kappa shape index (κ2) is 6.36. The average Bonchev–Trinajstić information content (AvgIpc) is 2.49. The molecule has 0 aliphatic carbocycles. The maximum absolute atomic E-state index is 6.31. The summed E-state index contributed by atoms with van der Waals surface area (Å²) in [4.78, 5) is 0. The summed E-state index contributed by atoms with van der Waals surface area (Å²) in [5, 5.41) is 0. The van der Waals surface area contributed by atoms with E-state index in [4.69, 9.17) is 15.2 Å². The van der Waals surface area contributed by atoms with Crippen molar-refractivity contribution in [2.75, 3.05) is 14.2 Å². The SMILES string of the molecule is COc1ccc(C(N)C(OC)c2ccccc2)cc1. The Labute approximate surface area is 114 Å². The van der Waals surface area contributed by atoms with Gasteiger partial charge < -0.3 is 15.2 Å². The van der Waals surface area contributed by atoms with Gasteiger partial charge in [-0.2, -0.15) is 0 Å². The first-order valence-electron chi connectivity index (χ1n) is 6.23. The van der Waals surface area contributed by atoms with Crippen molar-refractivity contribution in [2.45, 2.75) is 12.1 Å². The Morgan fingerprint density at radius 1 is 0.842 bits per heavy atom. The van der Waals surface area contributed by atoms with Crippen molar-refractivity contribution in [2.24, 2.45) is 5.73 Å². The largest absolute Gasteiger partial charge is 0.497 e. The standard InChI is InChI=1S/C16H19NO2/c1-18-14-10-8-12(9-11-14)15(17)16(19-2)13-6-4-3-5-7-13/h3-11,15-16H,17H2,1-2H3. The van der Waals surface area contributed by atoms with Crippen molar-refractivity contribution < 1.29 is 9.47 Å². The van der Waals surface area contributed by atoms with Crippen LogP contribution in [-0.2, 0) is 4.74 Å². The third kappa shape index (κ3) is 3.13. The molecule has 2 atom stereocenters. The van der Waals surface area contributed by atoms with Crippen LogP contribution in [0.1, 0.15) is 23.3 Å². The van der Waals surface area contributed by atoms with Crippen molar-refractivity contribution in [1.29, 1.82) is 0 Å². The highest BCUT2D eigenvalue weighted by molar-refractivity contribution is 5.31. The molecule has 2 N–H and O–H groups in total. The summed E-state index contributed by atoms with van der Waals surface area (Å²) < 4.78 is 10.7. The minimum Gasteiger partial charge on any atom is -0.497 e. The molecule has 2 rings (SSSR count). The number of methoxy groups -OCH3 is 2. The number of hydrogen-bond donors (Lipinski definition) is 1. The molecule has 3 nitrogen and oxygen atoms in total. The van der Waals surface area contributed by atoms with Gasteiger partial charge in [0.15, 0.2) is 0 Å². The molecule has 2 unspecified atom stereocenters. The Kier molecular flexibility index (Phi) is 4.55. The van der Waals surface area contributed by atoms with Crippen molar-refractivity contribution >= 4 is 0 Å². The van der Waals surface area contributed by atoms with Crippen molar-refractivity contribution in [3.8, 4) is 5.75 Å². The van der Waals surface area contributed by atoms with E-state index >= 15 is 0 Å². The van der Waals surface area contributed by atoms with Gasteiger partial charge in [0, 0.05) is 7.11 Å². The van der Waals surface area contributed by atoms with Crippen LogP contribution >= 0.6 is 0 Å². The summed E-state index contributed by atoms with van der Waals surface area (Å²) in [5.41, 5.74) is 8.41. The van der Waals surface area contributed by atoms with Crippen LogP contribution in [0.15, 0.2) is 54.6 Å². The lowest BCUT2D eigenvalue weighted by Gasteiger charge is -2.23. The number of benzene rings is 2. The fourth-order valence-electron chi connectivity index (χ4n) is 2.13. The molecule has 0 fully saturated rings. The molecular formula is C16H19NO2. The minimum atomic E-state index is -0.210. The molecule has 100 valence electrons. The van der Waals surface area contributed by atoms with Gasteiger partial charge in [0.1, 0.15) is 11.9 Å². The second-order valence-electron chi connectivity index (χ2n) is 4.37. The molecule has 0 amide bonds. The lowest BCUT2D eigenvalue weighted by atomic mass is 9.96. The molecule has 0 heterocycles. The van der Waals surface area contributed by atoms with Gasteiger partial charge in [-0.1, -0.05) is 42.5 Å². The molecule has 0 radical (unpaired) electrons. The van der Waals surface area contributed by atoms with Crippen LogP contribution in [0.4, 0.5) is 0 Å². The lowest BCUT2D eigenvalue weighted by Crippen LogP contribution is -2.21. The summed E-state index contributed by atoms with van der Waals surface area (Å²) >= 11 is 0. The normalized spacial score (nSPS) is 13.8. The number of rotatable bonds is 5. The van der Waals surface area contributed by atoms with E-state index in [1.165, 1.54) is 0 Å². The molecule has 0 aliphatic heterocycles. The highest BCUT2D eigenvalue weighted by atomic mass is 16.5. The predicted octanol–water partition coefficient (Wildman–Crippen LogP) is 3.08. The van der Waals surface area contributed by atoms with Crippen LogP contribution in [0.3, 0.4) is 0 Å². The van der Waals surface area contributed by atoms with E-state index in [-0.39, 0.29) is 12.1 Å². The molecule has 19 heavy (non-hydrogen) atoms. The lowest BCUT2D eigenvalue weighted by molar-refractivity contribution is 0.0801. The highest BCUT2D eigenvalue weighted by Gasteiger charge is 2.20. The van der Waals surface area contributed by atoms with Gasteiger partial charge in [0.2, 0.25) is 0 Å². The van der Waals surface area contributed by atoms with Crippen LogP contribution < -0.4 is 10.5 Å². The van der Waals surface area contributed by atoms with Crippen molar-refractivity contribution in [3.63, 3.8) is 0 Å². The van der Waals surface area contributed by atoms with E-state index in [0.717, 1.165) is 16.9 Å². The van der Waals surface area contributed by atoms with Gasteiger partial charge in [-0.05, 0) is 23.3 Å². The number of ether oxygens (including phenoxy) is 2. The third-order valence-electron chi connectivity index (χ3n) is 3.21. The summed E-state index contributed by atoms with van der Waals surface area (Å²) in [5.74, 6) is 0.824. The zero-order valence-electron chi connectivity index (χ0n) is 11.2. The van der Waals surface area contributed by atoms with Crippen LogP contribution in [-0.4, -0.2) is 14.2 Å². The van der Waals surface area contributed by atoms with E-state index in [1.807, 2.05) is 54.6 Å². The summed E-state index contributed by atoms with van der Waals surface area (Å²) in [6.07, 6.45) is -0.158. The van der Waals surface area contributed by atoms with Gasteiger partial charge in [0.05, 0.1) is 13.2 Å². The van der Waals surface area contributed by atoms with E-state index in [0.29, 0.717) is 0 Å². The molecule has 0 bridgehead atoms. The molecule has 0 spiro atoms. The maximum Gasteiger partial charge on any atom is 0.118 e. The van der Waals surface area contributed by atoms with Gasteiger partial charge in [-0.25, -0.2) is 0 Å². The van der Waals surface area contributed by atoms with Crippen molar-refractivity contribution in [3.05, 3.63) is 65.7 Å². The fourth-order valence-corrected chi connectivity index (χ4v) is 2.13. The molecule has 0 aromatic heterocycles. The maximum atomic E-state index is 6.31. The summed E-state index contributed by atoms with van der Waals surface area (Å²) in [7, 11) is 3.33. The van der Waals surface area contributed by atoms with E-state index in [9.17, 15) is 0 Å². The highest BCUT2D eigenvalue weighted by Crippen LogP contribution is 2.30. The number of hydrogen-bond acceptors (Lipinski definition) is 3. The van der Waals surface area contributed by atoms with E-state index in [1.54, 1.807) is 14.2 Å². The van der Waals surface area contributed by atoms with Crippen molar-refractivity contribution in [1.82, 2.24) is 0 Å². The Hall–Kier alpha value is -1.84. The first kappa shape index (κ1) is 13.6. The molecule has 0 aliphatic rings. The zero-order chi connectivity index (χ0) is 13.7. The molecular weight excluding hydrogens is 238 g/mol. The summed E-state index contributed by atoms with van der Waals surface area (Å²) in [6, 6.07) is 17.6. The van der Waals surface area contributed by atoms with E-state index in [2.05, 4.69) is 0 Å². The third-order valence-corrected chi connectivity index (χ3v) is 3.21. The molecule has 0 saturated heterocycles. The smallest absolute Gasteiger partial charge is 0.118 e. The Morgan fingerprint density at radius 3 is 2.00 bits per heavy atom.